The minimum absolute atomic E-state index is 0.191. The predicted molar refractivity (Wildman–Crippen MR) is 67.5 cm³/mol. The van der Waals surface area contributed by atoms with Gasteiger partial charge in [0.2, 0.25) is 0 Å². The van der Waals surface area contributed by atoms with Crippen LogP contribution < -0.4 is 10.1 Å². The van der Waals surface area contributed by atoms with E-state index in [9.17, 15) is 13.9 Å². The molecule has 19 heavy (non-hydrogen) atoms. The number of rotatable bonds is 9. The Balaban J connectivity index is 2.36. The highest BCUT2D eigenvalue weighted by molar-refractivity contribution is 5.33. The van der Waals surface area contributed by atoms with Gasteiger partial charge in [-0.25, -0.2) is 0 Å². The fourth-order valence-corrected chi connectivity index (χ4v) is 1.66. The monoisotopic (exact) mass is 275 g/mol. The van der Waals surface area contributed by atoms with Crippen LogP contribution in [0.25, 0.3) is 0 Å². The van der Waals surface area contributed by atoms with Crippen LogP contribution in [-0.4, -0.2) is 44.6 Å². The van der Waals surface area contributed by atoms with E-state index in [-0.39, 0.29) is 12.4 Å². The van der Waals surface area contributed by atoms with E-state index >= 15 is 0 Å². The molecule has 4 nitrogen and oxygen atoms in total. The van der Waals surface area contributed by atoms with Crippen molar-refractivity contribution >= 4 is 0 Å². The quantitative estimate of drug-likeness (QED) is 0.669. The lowest BCUT2D eigenvalue weighted by atomic mass is 10.1. The van der Waals surface area contributed by atoms with E-state index in [0.717, 1.165) is 0 Å². The van der Waals surface area contributed by atoms with Gasteiger partial charge in [0.1, 0.15) is 5.75 Å². The van der Waals surface area contributed by atoms with Gasteiger partial charge < -0.3 is 19.9 Å². The van der Waals surface area contributed by atoms with E-state index < -0.39 is 12.7 Å². The molecule has 1 aromatic rings. The van der Waals surface area contributed by atoms with Crippen molar-refractivity contribution in [2.45, 2.75) is 19.1 Å². The molecule has 0 saturated heterocycles. The Bertz CT molecular complexity index is 363. The molecule has 0 fully saturated rings. The van der Waals surface area contributed by atoms with Gasteiger partial charge in [-0.3, -0.25) is 0 Å². The molecule has 0 aromatic heterocycles. The third-order valence-electron chi connectivity index (χ3n) is 2.50. The number of halogens is 2. The van der Waals surface area contributed by atoms with E-state index in [4.69, 9.17) is 4.74 Å². The third kappa shape index (κ3) is 6.47. The first-order valence-electron chi connectivity index (χ1n) is 6.04. The van der Waals surface area contributed by atoms with Gasteiger partial charge in [0.25, 0.3) is 0 Å². The molecule has 2 N–H and O–H groups in total. The van der Waals surface area contributed by atoms with E-state index in [1.165, 1.54) is 13.2 Å². The molecule has 1 aromatic carbocycles. The van der Waals surface area contributed by atoms with Crippen molar-refractivity contribution in [1.82, 2.24) is 5.32 Å². The number of para-hydroxylation sites is 1. The average molecular weight is 275 g/mol. The Labute approximate surface area is 111 Å². The molecule has 0 aliphatic rings. The second-order valence-corrected chi connectivity index (χ2v) is 4.05. The number of hydrogen-bond acceptors (Lipinski definition) is 4. The summed E-state index contributed by atoms with van der Waals surface area (Å²) in [7, 11) is 1.52. The van der Waals surface area contributed by atoms with E-state index in [1.54, 1.807) is 18.2 Å². The van der Waals surface area contributed by atoms with Gasteiger partial charge >= 0.3 is 6.61 Å². The highest BCUT2D eigenvalue weighted by Gasteiger charge is 2.09. The Morgan fingerprint density at radius 1 is 1.32 bits per heavy atom. The van der Waals surface area contributed by atoms with Crippen LogP contribution in [-0.2, 0) is 11.2 Å². The van der Waals surface area contributed by atoms with Crippen molar-refractivity contribution in [3.05, 3.63) is 29.8 Å². The summed E-state index contributed by atoms with van der Waals surface area (Å²) in [5.74, 6) is 0.191. The summed E-state index contributed by atoms with van der Waals surface area (Å²) in [6.45, 7) is -1.61. The highest BCUT2D eigenvalue weighted by atomic mass is 19.3. The topological polar surface area (TPSA) is 50.7 Å². The third-order valence-corrected chi connectivity index (χ3v) is 2.50. The first-order valence-corrected chi connectivity index (χ1v) is 6.04. The zero-order valence-corrected chi connectivity index (χ0v) is 10.8. The molecule has 0 spiro atoms. The van der Waals surface area contributed by atoms with Gasteiger partial charge in [-0.15, -0.1) is 0 Å². The maximum atomic E-state index is 12.2. The van der Waals surface area contributed by atoms with Crippen LogP contribution >= 0.6 is 0 Å². The zero-order valence-electron chi connectivity index (χ0n) is 10.8. The Kier molecular flexibility index (Phi) is 7.32. The normalized spacial score (nSPS) is 12.7. The summed E-state index contributed by atoms with van der Waals surface area (Å²) >= 11 is 0. The first kappa shape index (κ1) is 15.8. The van der Waals surface area contributed by atoms with E-state index in [1.807, 2.05) is 0 Å². The van der Waals surface area contributed by atoms with Crippen molar-refractivity contribution in [2.24, 2.45) is 0 Å². The molecule has 0 heterocycles. The molecule has 1 atom stereocenters. The van der Waals surface area contributed by atoms with E-state index in [2.05, 4.69) is 10.1 Å². The smallest absolute Gasteiger partial charge is 0.387 e. The van der Waals surface area contributed by atoms with Gasteiger partial charge in [0.05, 0.1) is 12.7 Å². The molecular weight excluding hydrogens is 256 g/mol. The van der Waals surface area contributed by atoms with Crippen LogP contribution in [0, 0.1) is 0 Å². The molecule has 1 rings (SSSR count). The van der Waals surface area contributed by atoms with Crippen LogP contribution in [0.15, 0.2) is 24.3 Å². The van der Waals surface area contributed by atoms with E-state index in [0.29, 0.717) is 25.1 Å². The van der Waals surface area contributed by atoms with Crippen LogP contribution in [0.3, 0.4) is 0 Å². The molecule has 0 aliphatic heterocycles. The largest absolute Gasteiger partial charge is 0.435 e. The van der Waals surface area contributed by atoms with Crippen LogP contribution in [0.2, 0.25) is 0 Å². The van der Waals surface area contributed by atoms with Crippen LogP contribution in [0.4, 0.5) is 8.78 Å². The zero-order chi connectivity index (χ0) is 14.1. The summed E-state index contributed by atoms with van der Waals surface area (Å²) in [5.41, 5.74) is 0.705. The molecule has 6 heteroatoms. The number of methoxy groups -OCH3 is 1. The first-order chi connectivity index (χ1) is 9.13. The number of benzene rings is 1. The lowest BCUT2D eigenvalue weighted by Gasteiger charge is -2.12. The van der Waals surface area contributed by atoms with Gasteiger partial charge in [0, 0.05) is 13.7 Å². The van der Waals surface area contributed by atoms with Crippen molar-refractivity contribution < 1.29 is 23.4 Å². The molecule has 0 amide bonds. The molecule has 0 bridgehead atoms. The Hall–Kier alpha value is -1.24. The fraction of sp³-hybridized carbons (Fsp3) is 0.538. The molecular formula is C13H19F2NO3. The second-order valence-electron chi connectivity index (χ2n) is 4.05. The molecule has 0 aliphatic carbocycles. The fourth-order valence-electron chi connectivity index (χ4n) is 1.66. The second kappa shape index (κ2) is 8.79. The lowest BCUT2D eigenvalue weighted by molar-refractivity contribution is -0.0504. The van der Waals surface area contributed by atoms with Crippen molar-refractivity contribution in [2.75, 3.05) is 26.8 Å². The summed E-state index contributed by atoms with van der Waals surface area (Å²) in [5, 5.41) is 12.4. The number of hydrogen-bond donors (Lipinski definition) is 2. The summed E-state index contributed by atoms with van der Waals surface area (Å²) in [4.78, 5) is 0. The van der Waals surface area contributed by atoms with Gasteiger partial charge in [-0.2, -0.15) is 8.78 Å². The summed E-state index contributed by atoms with van der Waals surface area (Å²) < 4.78 is 33.6. The maximum Gasteiger partial charge on any atom is 0.387 e. The van der Waals surface area contributed by atoms with Crippen molar-refractivity contribution in [3.63, 3.8) is 0 Å². The Morgan fingerprint density at radius 2 is 2.05 bits per heavy atom. The van der Waals surface area contributed by atoms with Gasteiger partial charge in [-0.1, -0.05) is 18.2 Å². The molecule has 108 valence electrons. The van der Waals surface area contributed by atoms with Gasteiger partial charge in [0.15, 0.2) is 0 Å². The number of alkyl halides is 2. The predicted octanol–water partition coefficient (Wildman–Crippen LogP) is 1.43. The number of aliphatic hydroxyl groups excluding tert-OH is 1. The van der Waals surface area contributed by atoms with Gasteiger partial charge in [-0.05, 0) is 24.6 Å². The Morgan fingerprint density at radius 3 is 2.74 bits per heavy atom. The number of aliphatic hydroxyl groups is 1. The minimum Gasteiger partial charge on any atom is -0.435 e. The maximum absolute atomic E-state index is 12.2. The number of nitrogens with one attached hydrogen (secondary N) is 1. The van der Waals surface area contributed by atoms with Crippen molar-refractivity contribution in [1.29, 1.82) is 0 Å². The highest BCUT2D eigenvalue weighted by Crippen LogP contribution is 2.20. The minimum atomic E-state index is -2.82. The lowest BCUT2D eigenvalue weighted by Crippen LogP contribution is -2.31. The standard InChI is InChI=1S/C13H19F2NO3/c1-18-9-11(17)8-16-7-6-10-4-2-3-5-12(10)19-13(14)15/h2-5,11,13,16-17H,6-9H2,1H3. The molecule has 0 saturated carbocycles. The van der Waals surface area contributed by atoms with Crippen molar-refractivity contribution in [3.8, 4) is 5.75 Å². The molecule has 1 unspecified atom stereocenters. The summed E-state index contributed by atoms with van der Waals surface area (Å²) in [6, 6.07) is 6.68. The van der Waals surface area contributed by atoms with Crippen LogP contribution in [0.5, 0.6) is 5.75 Å². The average Bonchev–Trinajstić information content (AvgIpc) is 2.36. The summed E-state index contributed by atoms with van der Waals surface area (Å²) in [6.07, 6.45) is -0.0275. The number of ether oxygens (including phenoxy) is 2. The SMILES string of the molecule is COCC(O)CNCCc1ccccc1OC(F)F. The molecule has 0 radical (unpaired) electrons. The van der Waals surface area contributed by atoms with Crippen LogP contribution in [0.1, 0.15) is 5.56 Å².